The standard InChI is InChI=1S/C14H11ClF2N6O2/c15-10-5-18-11-9(22-2-1-14(16,17)6-22)3-8(21-23(10)11)7-4-19-13(25)20-12(7)24/h3-5H,1-2,6H2,(H2,19,20,24,25). The Morgan fingerprint density at radius 3 is 2.80 bits per heavy atom. The highest BCUT2D eigenvalue weighted by Gasteiger charge is 2.39. The maximum absolute atomic E-state index is 13.6. The first-order chi connectivity index (χ1) is 11.8. The third-order valence-corrected chi connectivity index (χ3v) is 4.27. The summed E-state index contributed by atoms with van der Waals surface area (Å²) < 4.78 is 28.5. The fourth-order valence-electron chi connectivity index (χ4n) is 2.83. The monoisotopic (exact) mass is 368 g/mol. The van der Waals surface area contributed by atoms with Crippen molar-refractivity contribution < 1.29 is 8.78 Å². The number of nitrogens with zero attached hydrogens (tertiary/aromatic N) is 4. The quantitative estimate of drug-likeness (QED) is 0.709. The molecule has 0 amide bonds. The van der Waals surface area contributed by atoms with Gasteiger partial charge in [-0.15, -0.1) is 0 Å². The Morgan fingerprint density at radius 1 is 1.32 bits per heavy atom. The van der Waals surface area contributed by atoms with Gasteiger partial charge in [-0.3, -0.25) is 9.78 Å². The number of H-pyrrole nitrogens is 2. The molecule has 25 heavy (non-hydrogen) atoms. The molecular formula is C14H11ClF2N6O2. The second-order valence-electron chi connectivity index (χ2n) is 5.74. The summed E-state index contributed by atoms with van der Waals surface area (Å²) in [6.45, 7) is -0.322. The molecule has 130 valence electrons. The molecule has 0 bridgehead atoms. The molecule has 0 radical (unpaired) electrons. The summed E-state index contributed by atoms with van der Waals surface area (Å²) in [6.07, 6.45) is 2.29. The minimum absolute atomic E-state index is 0.0819. The molecule has 0 aliphatic carbocycles. The van der Waals surface area contributed by atoms with Crippen LogP contribution in [-0.2, 0) is 0 Å². The first-order valence-corrected chi connectivity index (χ1v) is 7.71. The first kappa shape index (κ1) is 15.8. The van der Waals surface area contributed by atoms with Gasteiger partial charge in [-0.05, 0) is 6.07 Å². The number of hydrogen-bond donors (Lipinski definition) is 2. The summed E-state index contributed by atoms with van der Waals surface area (Å²) in [5.41, 5.74) is -0.347. The summed E-state index contributed by atoms with van der Waals surface area (Å²) in [5.74, 6) is -2.80. The normalized spacial score (nSPS) is 16.7. The van der Waals surface area contributed by atoms with Crippen molar-refractivity contribution in [1.82, 2.24) is 24.6 Å². The zero-order valence-corrected chi connectivity index (χ0v) is 13.3. The molecule has 4 heterocycles. The predicted molar refractivity (Wildman–Crippen MR) is 86.5 cm³/mol. The average Bonchev–Trinajstić information content (AvgIpc) is 3.09. The van der Waals surface area contributed by atoms with Crippen molar-refractivity contribution in [1.29, 1.82) is 0 Å². The van der Waals surface area contributed by atoms with Crippen LogP contribution in [0.1, 0.15) is 6.42 Å². The van der Waals surface area contributed by atoms with Crippen molar-refractivity contribution >= 4 is 22.9 Å². The summed E-state index contributed by atoms with van der Waals surface area (Å²) in [6, 6.07) is 1.49. The van der Waals surface area contributed by atoms with Crippen molar-refractivity contribution in [2.75, 3.05) is 18.0 Å². The average molecular weight is 369 g/mol. The van der Waals surface area contributed by atoms with E-state index in [4.69, 9.17) is 11.6 Å². The smallest absolute Gasteiger partial charge is 0.325 e. The Bertz CT molecular complexity index is 1090. The molecule has 1 saturated heterocycles. The lowest BCUT2D eigenvalue weighted by atomic mass is 10.2. The Morgan fingerprint density at radius 2 is 2.12 bits per heavy atom. The molecule has 1 aliphatic heterocycles. The van der Waals surface area contributed by atoms with Gasteiger partial charge in [0.15, 0.2) is 10.8 Å². The predicted octanol–water partition coefficient (Wildman–Crippen LogP) is 1.27. The van der Waals surface area contributed by atoms with Crippen LogP contribution in [0, 0.1) is 0 Å². The van der Waals surface area contributed by atoms with Crippen molar-refractivity contribution in [3.8, 4) is 11.3 Å². The molecule has 1 aliphatic rings. The minimum Gasteiger partial charge on any atom is -0.362 e. The largest absolute Gasteiger partial charge is 0.362 e. The second-order valence-corrected chi connectivity index (χ2v) is 6.13. The van der Waals surface area contributed by atoms with Gasteiger partial charge >= 0.3 is 5.69 Å². The van der Waals surface area contributed by atoms with Crippen molar-refractivity contribution in [3.05, 3.63) is 44.5 Å². The molecule has 3 aromatic heterocycles. The van der Waals surface area contributed by atoms with E-state index in [0.717, 1.165) is 0 Å². The van der Waals surface area contributed by atoms with Gasteiger partial charge in [0.2, 0.25) is 0 Å². The number of imidazole rings is 1. The molecule has 0 aromatic carbocycles. The maximum Gasteiger partial charge on any atom is 0.325 e. The van der Waals surface area contributed by atoms with Gasteiger partial charge in [-0.25, -0.2) is 18.6 Å². The lowest BCUT2D eigenvalue weighted by Crippen LogP contribution is -2.26. The van der Waals surface area contributed by atoms with Crippen LogP contribution in [0.15, 0.2) is 28.0 Å². The number of hydrogen-bond acceptors (Lipinski definition) is 5. The summed E-state index contributed by atoms with van der Waals surface area (Å²) in [5, 5.41) is 4.40. The maximum atomic E-state index is 13.6. The van der Waals surface area contributed by atoms with Gasteiger partial charge in [0.1, 0.15) is 5.69 Å². The molecule has 4 rings (SSSR count). The number of rotatable bonds is 2. The van der Waals surface area contributed by atoms with E-state index in [9.17, 15) is 18.4 Å². The van der Waals surface area contributed by atoms with Crippen LogP contribution in [0.2, 0.25) is 5.15 Å². The lowest BCUT2D eigenvalue weighted by Gasteiger charge is -2.19. The molecule has 3 aromatic rings. The van der Waals surface area contributed by atoms with E-state index < -0.39 is 23.7 Å². The van der Waals surface area contributed by atoms with E-state index in [0.29, 0.717) is 11.3 Å². The summed E-state index contributed by atoms with van der Waals surface area (Å²) in [7, 11) is 0. The van der Waals surface area contributed by atoms with Crippen LogP contribution in [0.5, 0.6) is 0 Å². The lowest BCUT2D eigenvalue weighted by molar-refractivity contribution is 0.0257. The molecule has 11 heteroatoms. The SMILES string of the molecule is O=c1[nH]cc(-c2cc(N3CCC(F)(F)C3)c3ncc(Cl)n3n2)c(=O)[nH]1. The highest BCUT2D eigenvalue weighted by atomic mass is 35.5. The zero-order chi connectivity index (χ0) is 17.8. The van der Waals surface area contributed by atoms with E-state index in [-0.39, 0.29) is 29.4 Å². The van der Waals surface area contributed by atoms with E-state index in [1.54, 1.807) is 0 Å². The van der Waals surface area contributed by atoms with Gasteiger partial charge in [0.05, 0.1) is 24.0 Å². The molecule has 0 spiro atoms. The minimum atomic E-state index is -2.80. The number of fused-ring (bicyclic) bond motifs is 1. The molecule has 0 unspecified atom stereocenters. The fraction of sp³-hybridized carbons (Fsp3) is 0.286. The van der Waals surface area contributed by atoms with Gasteiger partial charge in [0, 0.05) is 19.2 Å². The van der Waals surface area contributed by atoms with Gasteiger partial charge < -0.3 is 9.88 Å². The Hall–Kier alpha value is -2.75. The van der Waals surface area contributed by atoms with Crippen molar-refractivity contribution in [2.45, 2.75) is 12.3 Å². The number of halogens is 3. The van der Waals surface area contributed by atoms with Gasteiger partial charge in [-0.2, -0.15) is 9.61 Å². The number of aromatic amines is 2. The summed E-state index contributed by atoms with van der Waals surface area (Å²) >= 11 is 6.06. The van der Waals surface area contributed by atoms with Crippen LogP contribution in [-0.4, -0.2) is 43.6 Å². The van der Waals surface area contributed by atoms with E-state index in [1.807, 2.05) is 0 Å². The van der Waals surface area contributed by atoms with Gasteiger partial charge in [-0.1, -0.05) is 11.6 Å². The van der Waals surface area contributed by atoms with Crippen LogP contribution < -0.4 is 16.1 Å². The molecule has 0 atom stereocenters. The van der Waals surface area contributed by atoms with Crippen molar-refractivity contribution in [2.24, 2.45) is 0 Å². The zero-order valence-electron chi connectivity index (χ0n) is 12.6. The van der Waals surface area contributed by atoms with Crippen LogP contribution in [0.4, 0.5) is 14.5 Å². The van der Waals surface area contributed by atoms with Gasteiger partial charge in [0.25, 0.3) is 11.5 Å². The van der Waals surface area contributed by atoms with Crippen LogP contribution in [0.3, 0.4) is 0 Å². The van der Waals surface area contributed by atoms with Crippen LogP contribution >= 0.6 is 11.6 Å². The number of anilines is 1. The molecule has 8 nitrogen and oxygen atoms in total. The number of aromatic nitrogens is 5. The van der Waals surface area contributed by atoms with E-state index >= 15 is 0 Å². The van der Waals surface area contributed by atoms with E-state index in [2.05, 4.69) is 20.1 Å². The third kappa shape index (κ3) is 2.68. The highest BCUT2D eigenvalue weighted by molar-refractivity contribution is 6.29. The second kappa shape index (κ2) is 5.38. The Labute approximate surface area is 143 Å². The number of alkyl halides is 2. The Balaban J connectivity index is 1.93. The molecular weight excluding hydrogens is 358 g/mol. The topological polar surface area (TPSA) is 99.2 Å². The van der Waals surface area contributed by atoms with Crippen LogP contribution in [0.25, 0.3) is 16.9 Å². The third-order valence-electron chi connectivity index (χ3n) is 4.01. The summed E-state index contributed by atoms with van der Waals surface area (Å²) in [4.78, 5) is 33.3. The van der Waals surface area contributed by atoms with Crippen molar-refractivity contribution in [3.63, 3.8) is 0 Å². The first-order valence-electron chi connectivity index (χ1n) is 7.33. The molecule has 1 fully saturated rings. The number of nitrogens with one attached hydrogen (secondary N) is 2. The molecule has 2 N–H and O–H groups in total. The highest BCUT2D eigenvalue weighted by Crippen LogP contribution is 2.34. The fourth-order valence-corrected chi connectivity index (χ4v) is 3.00. The molecule has 0 saturated carbocycles. The Kier molecular flexibility index (Phi) is 3.39. The van der Waals surface area contributed by atoms with E-state index in [1.165, 1.54) is 27.9 Å².